The number of aliphatic hydroxyl groups excluding tert-OH is 2. The zero-order valence-electron chi connectivity index (χ0n) is 21.3. The lowest BCUT2D eigenvalue weighted by Crippen LogP contribution is -2.61. The summed E-state index contributed by atoms with van der Waals surface area (Å²) in [5, 5.41) is 21.6. The van der Waals surface area contributed by atoms with Gasteiger partial charge >= 0.3 is 19.1 Å². The van der Waals surface area contributed by atoms with Gasteiger partial charge in [0.2, 0.25) is 0 Å². The first-order valence-electron chi connectivity index (χ1n) is 12.5. The lowest BCUT2D eigenvalue weighted by Gasteiger charge is -2.45. The van der Waals surface area contributed by atoms with Gasteiger partial charge in [0.1, 0.15) is 24.9 Å². The van der Waals surface area contributed by atoms with Crippen LogP contribution in [0, 0.1) is 5.92 Å². The van der Waals surface area contributed by atoms with Crippen molar-refractivity contribution in [3.8, 4) is 0 Å². The molecule has 1 saturated carbocycles. The van der Waals surface area contributed by atoms with E-state index in [1.54, 1.807) is 0 Å². The van der Waals surface area contributed by atoms with Crippen molar-refractivity contribution >= 4 is 19.1 Å². The van der Waals surface area contributed by atoms with Crippen LogP contribution >= 0.6 is 0 Å². The minimum atomic E-state index is -1.33. The van der Waals surface area contributed by atoms with Gasteiger partial charge in [-0.05, 0) is 52.3 Å². The monoisotopic (exact) mass is 484 g/mol. The molecule has 34 heavy (non-hydrogen) atoms. The van der Waals surface area contributed by atoms with E-state index in [9.17, 15) is 19.8 Å². The fourth-order valence-corrected chi connectivity index (χ4v) is 5.28. The van der Waals surface area contributed by atoms with Crippen LogP contribution in [0.2, 0.25) is 5.82 Å². The van der Waals surface area contributed by atoms with Crippen LogP contribution < -0.4 is 0 Å². The Bertz CT molecular complexity index is 701. The van der Waals surface area contributed by atoms with Crippen LogP contribution in [0.25, 0.3) is 0 Å². The first kappa shape index (κ1) is 27.4. The van der Waals surface area contributed by atoms with Gasteiger partial charge in [0.15, 0.2) is 6.10 Å². The first-order valence-corrected chi connectivity index (χ1v) is 12.5. The summed E-state index contributed by atoms with van der Waals surface area (Å²) in [6.07, 6.45) is 0.170. The highest BCUT2D eigenvalue weighted by Crippen LogP contribution is 2.44. The van der Waals surface area contributed by atoms with Crippen LogP contribution in [0.4, 0.5) is 0 Å². The van der Waals surface area contributed by atoms with Gasteiger partial charge in [0.05, 0.1) is 17.3 Å². The van der Waals surface area contributed by atoms with Crippen molar-refractivity contribution in [2.75, 3.05) is 6.61 Å². The molecule has 0 spiro atoms. The highest BCUT2D eigenvalue weighted by atomic mass is 16.7. The van der Waals surface area contributed by atoms with Crippen LogP contribution in [-0.2, 0) is 33.1 Å². The summed E-state index contributed by atoms with van der Waals surface area (Å²) >= 11 is 0. The fourth-order valence-electron chi connectivity index (χ4n) is 5.28. The van der Waals surface area contributed by atoms with Gasteiger partial charge in [0.25, 0.3) is 0 Å². The second kappa shape index (κ2) is 10.8. The molecule has 3 fully saturated rings. The summed E-state index contributed by atoms with van der Waals surface area (Å²) in [5.41, 5.74) is -0.706. The predicted octanol–water partition coefficient (Wildman–Crippen LogP) is 2.40. The molecule has 2 heterocycles. The van der Waals surface area contributed by atoms with E-state index >= 15 is 0 Å². The maximum atomic E-state index is 11.5. The second-order valence-electron chi connectivity index (χ2n) is 11.0. The third-order valence-corrected chi connectivity index (χ3v) is 7.90. The summed E-state index contributed by atoms with van der Waals surface area (Å²) in [7, 11) is -0.225. The molecular weight excluding hydrogens is 443 g/mol. The lowest BCUT2D eigenvalue weighted by molar-refractivity contribution is -0.251. The Morgan fingerprint density at radius 2 is 1.47 bits per heavy atom. The molecule has 0 aromatic carbocycles. The number of esters is 2. The van der Waals surface area contributed by atoms with E-state index in [0.717, 1.165) is 38.5 Å². The lowest BCUT2D eigenvalue weighted by atomic mass is 9.64. The molecule has 0 bridgehead atoms. The molecule has 1 aliphatic carbocycles. The molecule has 194 valence electrons. The van der Waals surface area contributed by atoms with Gasteiger partial charge < -0.3 is 33.7 Å². The Hall–Kier alpha value is -1.20. The Morgan fingerprint density at radius 3 is 1.97 bits per heavy atom. The molecule has 2 N–H and O–H groups in total. The fraction of sp³-hybridized carbons (Fsp3) is 0.917. The standard InChI is InChI=1S/C24H41BO9/c1-14(26)30-13-18-22(31-15(2)27)20(29)19(28)21(32-18)16-9-7-11-17(12-8-10-16)25-33-23(3,4)24(5,6)34-25/h16-22,28-29H,7-13H2,1-6H3/t16?,17?,18-,19+,20-,21-,22-/m1/s1. The van der Waals surface area contributed by atoms with E-state index in [4.69, 9.17) is 23.5 Å². The quantitative estimate of drug-likeness (QED) is 0.448. The van der Waals surface area contributed by atoms with E-state index in [-0.39, 0.29) is 30.8 Å². The molecule has 0 amide bonds. The van der Waals surface area contributed by atoms with Gasteiger partial charge in [-0.2, -0.15) is 0 Å². The highest BCUT2D eigenvalue weighted by Gasteiger charge is 2.54. The van der Waals surface area contributed by atoms with Crippen molar-refractivity contribution in [1.29, 1.82) is 0 Å². The number of aliphatic hydroxyl groups is 2. The van der Waals surface area contributed by atoms with Gasteiger partial charge in [-0.3, -0.25) is 9.59 Å². The molecule has 0 unspecified atom stereocenters. The second-order valence-corrected chi connectivity index (χ2v) is 11.0. The summed E-state index contributed by atoms with van der Waals surface area (Å²) in [6, 6.07) is 0. The molecule has 10 heteroatoms. The Morgan fingerprint density at radius 1 is 0.912 bits per heavy atom. The van der Waals surface area contributed by atoms with Crippen molar-refractivity contribution in [3.05, 3.63) is 0 Å². The van der Waals surface area contributed by atoms with Gasteiger partial charge in [-0.15, -0.1) is 0 Å². The number of carbonyl (C=O) groups excluding carboxylic acids is 2. The normalized spacial score (nSPS) is 38.0. The minimum absolute atomic E-state index is 0.0157. The van der Waals surface area contributed by atoms with E-state index in [0.29, 0.717) is 5.82 Å². The highest BCUT2D eigenvalue weighted by molar-refractivity contribution is 6.47. The van der Waals surface area contributed by atoms with Crippen molar-refractivity contribution in [2.45, 2.75) is 128 Å². The average molecular weight is 484 g/mol. The maximum Gasteiger partial charge on any atom is 0.461 e. The Kier molecular flexibility index (Phi) is 8.72. The minimum Gasteiger partial charge on any atom is -0.463 e. The number of ether oxygens (including phenoxy) is 3. The van der Waals surface area contributed by atoms with E-state index in [1.807, 2.05) is 0 Å². The molecule has 2 saturated heterocycles. The van der Waals surface area contributed by atoms with Crippen LogP contribution in [0.15, 0.2) is 0 Å². The Labute approximate surface area is 202 Å². The van der Waals surface area contributed by atoms with Gasteiger partial charge in [-0.25, -0.2) is 0 Å². The first-order chi connectivity index (χ1) is 15.8. The van der Waals surface area contributed by atoms with Crippen molar-refractivity contribution in [2.24, 2.45) is 5.92 Å². The summed E-state index contributed by atoms with van der Waals surface area (Å²) in [5.74, 6) is -0.787. The summed E-state index contributed by atoms with van der Waals surface area (Å²) in [6.45, 7) is 10.6. The molecule has 0 radical (unpaired) electrons. The maximum absolute atomic E-state index is 11.5. The predicted molar refractivity (Wildman–Crippen MR) is 124 cm³/mol. The molecule has 0 aromatic heterocycles. The van der Waals surface area contributed by atoms with Crippen molar-refractivity contribution in [1.82, 2.24) is 0 Å². The van der Waals surface area contributed by atoms with E-state index in [2.05, 4.69) is 27.7 Å². The van der Waals surface area contributed by atoms with Crippen molar-refractivity contribution in [3.63, 3.8) is 0 Å². The zero-order chi connectivity index (χ0) is 25.3. The summed E-state index contributed by atoms with van der Waals surface area (Å²) < 4.78 is 29.0. The van der Waals surface area contributed by atoms with Crippen LogP contribution in [-0.4, -0.2) is 77.6 Å². The van der Waals surface area contributed by atoms with Crippen LogP contribution in [0.5, 0.6) is 0 Å². The number of hydrogen-bond donors (Lipinski definition) is 2. The molecule has 9 nitrogen and oxygen atoms in total. The number of carbonyl (C=O) groups is 2. The third kappa shape index (κ3) is 6.13. The number of rotatable bonds is 5. The topological polar surface area (TPSA) is 121 Å². The van der Waals surface area contributed by atoms with Crippen LogP contribution in [0.1, 0.15) is 80.1 Å². The van der Waals surface area contributed by atoms with E-state index < -0.39 is 42.5 Å². The molecular formula is C24H41BO9. The average Bonchev–Trinajstić information content (AvgIpc) is 2.92. The molecule has 3 rings (SSSR count). The van der Waals surface area contributed by atoms with Gasteiger partial charge in [0, 0.05) is 13.8 Å². The smallest absolute Gasteiger partial charge is 0.461 e. The zero-order valence-corrected chi connectivity index (χ0v) is 21.3. The van der Waals surface area contributed by atoms with Crippen molar-refractivity contribution < 1.29 is 43.3 Å². The summed E-state index contributed by atoms with van der Waals surface area (Å²) in [4.78, 5) is 22.9. The molecule has 3 aliphatic rings. The third-order valence-electron chi connectivity index (χ3n) is 7.90. The molecule has 0 aromatic rings. The number of hydrogen-bond acceptors (Lipinski definition) is 9. The van der Waals surface area contributed by atoms with Crippen LogP contribution in [0.3, 0.4) is 0 Å². The largest absolute Gasteiger partial charge is 0.463 e. The van der Waals surface area contributed by atoms with Gasteiger partial charge in [-0.1, -0.05) is 25.7 Å². The molecule has 2 aliphatic heterocycles. The van der Waals surface area contributed by atoms with E-state index in [1.165, 1.54) is 13.8 Å². The Balaban J connectivity index is 1.63. The SMILES string of the molecule is CC(=O)OC[C@H]1O[C@H](C2CCCC(B3OC(C)(C)C(C)(C)O3)CCC2)[C@@H](O)[C@@H](O)[C@@H]1OC(C)=O. The molecule has 5 atom stereocenters.